The molecule has 0 saturated carbocycles. The SMILES string of the molecule is CSCC[C@H](NC(=O)c1ccc(COCc2ccc(-c3ccccc3F)o2)cc1-c1ccccc1C)C(=O)[O-]. The number of thioether (sulfide) groups is 1. The van der Waals surface area contributed by atoms with Gasteiger partial charge in [0, 0.05) is 5.56 Å². The molecule has 0 saturated heterocycles. The lowest BCUT2D eigenvalue weighted by Crippen LogP contribution is -2.48. The predicted molar refractivity (Wildman–Crippen MR) is 148 cm³/mol. The minimum Gasteiger partial charge on any atom is -0.548 e. The van der Waals surface area contributed by atoms with Crippen LogP contribution in [-0.2, 0) is 22.7 Å². The van der Waals surface area contributed by atoms with E-state index in [-0.39, 0.29) is 25.5 Å². The number of ether oxygens (including phenoxy) is 1. The number of carbonyl (C=O) groups excluding carboxylic acids is 2. The number of aliphatic carboxylic acids is 1. The molecule has 39 heavy (non-hydrogen) atoms. The third-order valence-electron chi connectivity index (χ3n) is 6.28. The first-order valence-corrected chi connectivity index (χ1v) is 13.9. The normalized spacial score (nSPS) is 11.8. The lowest BCUT2D eigenvalue weighted by molar-refractivity contribution is -0.308. The number of amides is 1. The van der Waals surface area contributed by atoms with Crippen LogP contribution in [0.3, 0.4) is 0 Å². The monoisotopic (exact) mass is 546 g/mol. The van der Waals surface area contributed by atoms with Gasteiger partial charge in [-0.3, -0.25) is 4.79 Å². The lowest BCUT2D eigenvalue weighted by atomic mass is 9.93. The van der Waals surface area contributed by atoms with Gasteiger partial charge in [-0.2, -0.15) is 11.8 Å². The van der Waals surface area contributed by atoms with Crippen LogP contribution in [0, 0.1) is 12.7 Å². The number of furan rings is 1. The highest BCUT2D eigenvalue weighted by Gasteiger charge is 2.19. The average molecular weight is 547 g/mol. The van der Waals surface area contributed by atoms with Crippen molar-refractivity contribution in [2.75, 3.05) is 12.0 Å². The minimum absolute atomic E-state index is 0.180. The molecular weight excluding hydrogens is 517 g/mol. The summed E-state index contributed by atoms with van der Waals surface area (Å²) >= 11 is 1.50. The Morgan fingerprint density at radius 1 is 0.974 bits per heavy atom. The highest BCUT2D eigenvalue weighted by Crippen LogP contribution is 2.29. The molecule has 0 unspecified atom stereocenters. The Hall–Kier alpha value is -3.88. The topological polar surface area (TPSA) is 91.6 Å². The molecular formula is C31H29FNO5S-. The van der Waals surface area contributed by atoms with Crippen LogP contribution in [0.5, 0.6) is 0 Å². The Balaban J connectivity index is 1.51. The van der Waals surface area contributed by atoms with E-state index < -0.39 is 17.9 Å². The maximum Gasteiger partial charge on any atom is 0.252 e. The summed E-state index contributed by atoms with van der Waals surface area (Å²) in [4.78, 5) is 24.8. The lowest BCUT2D eigenvalue weighted by Gasteiger charge is -2.21. The zero-order chi connectivity index (χ0) is 27.8. The van der Waals surface area contributed by atoms with Crippen molar-refractivity contribution in [2.45, 2.75) is 32.6 Å². The molecule has 6 nitrogen and oxygen atoms in total. The van der Waals surface area contributed by atoms with Gasteiger partial charge < -0.3 is 24.4 Å². The summed E-state index contributed by atoms with van der Waals surface area (Å²) in [6, 6.07) is 21.8. The molecule has 3 aromatic carbocycles. The first-order chi connectivity index (χ1) is 18.9. The van der Waals surface area contributed by atoms with Crippen LogP contribution in [-0.4, -0.2) is 29.9 Å². The molecule has 0 aliphatic heterocycles. The fourth-order valence-electron chi connectivity index (χ4n) is 4.23. The second-order valence-corrected chi connectivity index (χ2v) is 10.0. The summed E-state index contributed by atoms with van der Waals surface area (Å²) < 4.78 is 25.7. The van der Waals surface area contributed by atoms with E-state index in [0.717, 1.165) is 16.7 Å². The number of carbonyl (C=O) groups is 2. The standard InChI is InChI=1S/C31H30FNO5S/c1-20-7-3-4-8-23(20)26-17-21(11-13-24(26)30(34)33-28(31(35)36)15-16-39-2)18-37-19-22-12-14-29(38-22)25-9-5-6-10-27(25)32/h3-14,17,28H,15-16,18-19H2,1-2H3,(H,33,34)(H,35,36)/p-1/t28-/m0/s1. The second-order valence-electron chi connectivity index (χ2n) is 9.06. The highest BCUT2D eigenvalue weighted by molar-refractivity contribution is 7.98. The number of halogens is 1. The van der Waals surface area contributed by atoms with Gasteiger partial charge in [-0.25, -0.2) is 4.39 Å². The summed E-state index contributed by atoms with van der Waals surface area (Å²) in [5, 5.41) is 14.2. The van der Waals surface area contributed by atoms with Crippen LogP contribution in [0.25, 0.3) is 22.5 Å². The van der Waals surface area contributed by atoms with Gasteiger partial charge in [0.2, 0.25) is 0 Å². The molecule has 0 aliphatic rings. The van der Waals surface area contributed by atoms with Gasteiger partial charge in [-0.1, -0.05) is 42.5 Å². The van der Waals surface area contributed by atoms with E-state index in [2.05, 4.69) is 5.32 Å². The Morgan fingerprint density at radius 3 is 2.44 bits per heavy atom. The highest BCUT2D eigenvalue weighted by atomic mass is 32.2. The number of hydrogen-bond donors (Lipinski definition) is 1. The van der Waals surface area contributed by atoms with Gasteiger partial charge >= 0.3 is 0 Å². The Morgan fingerprint density at radius 2 is 1.72 bits per heavy atom. The third kappa shape index (κ3) is 7.16. The molecule has 0 aliphatic carbocycles. The molecule has 4 aromatic rings. The maximum absolute atomic E-state index is 14.1. The Kier molecular flexibility index (Phi) is 9.57. The van der Waals surface area contributed by atoms with Gasteiger partial charge in [0.25, 0.3) is 5.91 Å². The van der Waals surface area contributed by atoms with Crippen LogP contribution >= 0.6 is 11.8 Å². The van der Waals surface area contributed by atoms with Crippen molar-refractivity contribution in [3.63, 3.8) is 0 Å². The van der Waals surface area contributed by atoms with E-state index >= 15 is 0 Å². The minimum atomic E-state index is -1.31. The van der Waals surface area contributed by atoms with Crippen LogP contribution < -0.4 is 10.4 Å². The first-order valence-electron chi connectivity index (χ1n) is 12.5. The first kappa shape index (κ1) is 28.1. The molecule has 1 atom stereocenters. The number of benzene rings is 3. The molecule has 1 aromatic heterocycles. The van der Waals surface area contributed by atoms with Crippen molar-refractivity contribution >= 4 is 23.6 Å². The van der Waals surface area contributed by atoms with Crippen molar-refractivity contribution < 1.29 is 28.2 Å². The quantitative estimate of drug-likeness (QED) is 0.257. The van der Waals surface area contributed by atoms with Crippen LogP contribution in [0.4, 0.5) is 4.39 Å². The van der Waals surface area contributed by atoms with Crippen LogP contribution in [0.1, 0.15) is 33.7 Å². The number of carboxylic acids is 1. The third-order valence-corrected chi connectivity index (χ3v) is 6.92. The van der Waals surface area contributed by atoms with E-state index in [4.69, 9.17) is 9.15 Å². The Labute approximate surface area is 231 Å². The molecule has 4 rings (SSSR count). The molecule has 0 bridgehead atoms. The van der Waals surface area contributed by atoms with Gasteiger partial charge in [-0.15, -0.1) is 0 Å². The van der Waals surface area contributed by atoms with Crippen molar-refractivity contribution in [3.8, 4) is 22.5 Å². The zero-order valence-corrected chi connectivity index (χ0v) is 22.6. The van der Waals surface area contributed by atoms with E-state index in [1.165, 1.54) is 17.8 Å². The summed E-state index contributed by atoms with van der Waals surface area (Å²) in [6.45, 7) is 2.37. The number of carboxylic acid groups (broad SMARTS) is 1. The predicted octanol–water partition coefficient (Wildman–Crippen LogP) is 5.38. The molecule has 1 amide bonds. The van der Waals surface area contributed by atoms with E-state index in [1.54, 1.807) is 42.5 Å². The maximum atomic E-state index is 14.1. The second kappa shape index (κ2) is 13.3. The van der Waals surface area contributed by atoms with Crippen LogP contribution in [0.2, 0.25) is 0 Å². The fraction of sp³-hybridized carbons (Fsp3) is 0.226. The molecule has 1 N–H and O–H groups in total. The number of nitrogens with one attached hydrogen (secondary N) is 1. The Bertz CT molecular complexity index is 1450. The van der Waals surface area contributed by atoms with Gasteiger partial charge in [0.15, 0.2) is 0 Å². The fourth-order valence-corrected chi connectivity index (χ4v) is 4.70. The van der Waals surface area contributed by atoms with Crippen molar-refractivity contribution in [1.82, 2.24) is 5.32 Å². The van der Waals surface area contributed by atoms with Gasteiger partial charge in [-0.05, 0) is 84.0 Å². The summed E-state index contributed by atoms with van der Waals surface area (Å²) in [5.41, 5.74) is 4.08. The molecule has 0 spiro atoms. The average Bonchev–Trinajstić information content (AvgIpc) is 3.40. The van der Waals surface area contributed by atoms with Crippen molar-refractivity contribution in [3.05, 3.63) is 107 Å². The van der Waals surface area contributed by atoms with Gasteiger partial charge in [0.1, 0.15) is 23.9 Å². The van der Waals surface area contributed by atoms with Crippen molar-refractivity contribution in [2.24, 2.45) is 0 Å². The van der Waals surface area contributed by atoms with E-state index in [1.807, 2.05) is 43.5 Å². The number of aryl methyl sites for hydroxylation is 1. The smallest absolute Gasteiger partial charge is 0.252 e. The van der Waals surface area contributed by atoms with Gasteiger partial charge in [0.05, 0.1) is 24.2 Å². The summed E-state index contributed by atoms with van der Waals surface area (Å²) in [7, 11) is 0. The van der Waals surface area contributed by atoms with E-state index in [0.29, 0.717) is 34.0 Å². The number of hydrogen-bond acceptors (Lipinski definition) is 6. The molecule has 1 heterocycles. The molecule has 0 radical (unpaired) electrons. The summed E-state index contributed by atoms with van der Waals surface area (Å²) in [6.07, 6.45) is 2.14. The zero-order valence-electron chi connectivity index (χ0n) is 21.7. The summed E-state index contributed by atoms with van der Waals surface area (Å²) in [5.74, 6) is -0.582. The number of rotatable bonds is 12. The molecule has 0 fully saturated rings. The van der Waals surface area contributed by atoms with E-state index in [9.17, 15) is 19.1 Å². The van der Waals surface area contributed by atoms with Crippen molar-refractivity contribution in [1.29, 1.82) is 0 Å². The molecule has 202 valence electrons. The van der Waals surface area contributed by atoms with Crippen LogP contribution in [0.15, 0.2) is 83.3 Å². The molecule has 8 heteroatoms. The largest absolute Gasteiger partial charge is 0.548 e.